The van der Waals surface area contributed by atoms with Crippen molar-refractivity contribution in [2.45, 2.75) is 13.8 Å². The maximum atomic E-state index is 12.1. The third-order valence-corrected chi connectivity index (χ3v) is 4.34. The van der Waals surface area contributed by atoms with Crippen LogP contribution >= 0.6 is 0 Å². The Morgan fingerprint density at radius 3 is 2.28 bits per heavy atom. The van der Waals surface area contributed by atoms with Crippen LogP contribution in [0.15, 0.2) is 54.2 Å². The lowest BCUT2D eigenvalue weighted by atomic mass is 10.0. The van der Waals surface area contributed by atoms with Gasteiger partial charge in [-0.05, 0) is 48.2 Å². The molecule has 0 fully saturated rings. The molecule has 2 N–H and O–H groups in total. The first-order valence-electron chi connectivity index (χ1n) is 8.12. The summed E-state index contributed by atoms with van der Waals surface area (Å²) in [5.74, 6) is -0.828. The second-order valence-corrected chi connectivity index (χ2v) is 6.08. The van der Waals surface area contributed by atoms with Crippen molar-refractivity contribution in [1.82, 2.24) is 4.90 Å². The Kier molecular flexibility index (Phi) is 4.67. The van der Waals surface area contributed by atoms with Gasteiger partial charge in [0.25, 0.3) is 11.8 Å². The summed E-state index contributed by atoms with van der Waals surface area (Å²) in [6, 6.07) is 14.0. The van der Waals surface area contributed by atoms with E-state index in [0.29, 0.717) is 0 Å². The number of nitrogens with one attached hydrogen (secondary N) is 1. The molecule has 25 heavy (non-hydrogen) atoms. The quantitative estimate of drug-likeness (QED) is 0.824. The standard InChI is InChI=1S/C20H20N2O3/c1-13-3-4-16(11-14(13)2)15-5-7-17(8-6-15)21-18-12-19(24)22(9-10-23)20(18)25/h3-8,11-12,21,23H,9-10H2,1-2H3. The summed E-state index contributed by atoms with van der Waals surface area (Å²) in [5.41, 5.74) is 5.66. The number of nitrogens with zero attached hydrogens (tertiary/aromatic N) is 1. The molecule has 0 bridgehead atoms. The largest absolute Gasteiger partial charge is 0.395 e. The lowest BCUT2D eigenvalue weighted by Gasteiger charge is -2.13. The van der Waals surface area contributed by atoms with Gasteiger partial charge in [-0.3, -0.25) is 14.5 Å². The van der Waals surface area contributed by atoms with Crippen LogP contribution in [0.1, 0.15) is 11.1 Å². The number of carbonyl (C=O) groups excluding carboxylic acids is 2. The van der Waals surface area contributed by atoms with Crippen LogP contribution in [0.2, 0.25) is 0 Å². The van der Waals surface area contributed by atoms with E-state index in [4.69, 9.17) is 5.11 Å². The first-order chi connectivity index (χ1) is 12.0. The number of imide groups is 1. The minimum Gasteiger partial charge on any atom is -0.395 e. The molecule has 0 saturated heterocycles. The van der Waals surface area contributed by atoms with Crippen molar-refractivity contribution in [3.63, 3.8) is 0 Å². The van der Waals surface area contributed by atoms with Crippen molar-refractivity contribution >= 4 is 17.5 Å². The molecule has 1 aliphatic heterocycles. The fraction of sp³-hybridized carbons (Fsp3) is 0.200. The normalized spacial score (nSPS) is 14.0. The molecule has 0 radical (unpaired) electrons. The lowest BCUT2D eigenvalue weighted by molar-refractivity contribution is -0.137. The minimum absolute atomic E-state index is 0.00502. The molecular formula is C20H20N2O3. The van der Waals surface area contributed by atoms with Crippen molar-refractivity contribution < 1.29 is 14.7 Å². The molecule has 2 amide bonds. The summed E-state index contributed by atoms with van der Waals surface area (Å²) in [5, 5.41) is 11.9. The van der Waals surface area contributed by atoms with Crippen LogP contribution in [-0.4, -0.2) is 35.0 Å². The zero-order valence-electron chi connectivity index (χ0n) is 14.2. The zero-order chi connectivity index (χ0) is 18.0. The number of rotatable bonds is 5. The topological polar surface area (TPSA) is 69.6 Å². The molecule has 0 aliphatic carbocycles. The molecule has 5 heteroatoms. The van der Waals surface area contributed by atoms with Gasteiger partial charge in [0.1, 0.15) is 5.70 Å². The van der Waals surface area contributed by atoms with Crippen molar-refractivity contribution in [3.05, 3.63) is 65.4 Å². The third kappa shape index (κ3) is 3.46. The Hall–Kier alpha value is -2.92. The maximum Gasteiger partial charge on any atom is 0.277 e. The van der Waals surface area contributed by atoms with Crippen LogP contribution < -0.4 is 5.32 Å². The molecular weight excluding hydrogens is 316 g/mol. The van der Waals surface area contributed by atoms with E-state index in [9.17, 15) is 9.59 Å². The predicted molar refractivity (Wildman–Crippen MR) is 96.9 cm³/mol. The summed E-state index contributed by atoms with van der Waals surface area (Å²) in [6.45, 7) is 3.93. The average Bonchev–Trinajstić information content (AvgIpc) is 2.86. The molecule has 0 unspecified atom stereocenters. The van der Waals surface area contributed by atoms with Crippen LogP contribution in [0.25, 0.3) is 11.1 Å². The Bertz CT molecular complexity index is 854. The number of benzene rings is 2. The summed E-state index contributed by atoms with van der Waals surface area (Å²) in [7, 11) is 0. The van der Waals surface area contributed by atoms with Crippen LogP contribution in [0.5, 0.6) is 0 Å². The summed E-state index contributed by atoms with van der Waals surface area (Å²) in [6.07, 6.45) is 1.26. The number of aliphatic hydroxyl groups excluding tert-OH is 1. The van der Waals surface area contributed by atoms with E-state index in [1.165, 1.54) is 17.2 Å². The van der Waals surface area contributed by atoms with Gasteiger partial charge in [-0.25, -0.2) is 0 Å². The molecule has 1 aliphatic rings. The number of aliphatic hydroxyl groups is 1. The summed E-state index contributed by atoms with van der Waals surface area (Å²) >= 11 is 0. The van der Waals surface area contributed by atoms with E-state index in [1.54, 1.807) is 0 Å². The Labute approximate surface area is 146 Å². The van der Waals surface area contributed by atoms with Crippen molar-refractivity contribution in [3.8, 4) is 11.1 Å². The molecule has 1 heterocycles. The van der Waals surface area contributed by atoms with E-state index < -0.39 is 11.8 Å². The third-order valence-electron chi connectivity index (χ3n) is 4.34. The fourth-order valence-corrected chi connectivity index (χ4v) is 2.73. The van der Waals surface area contributed by atoms with Gasteiger partial charge in [-0.15, -0.1) is 0 Å². The smallest absolute Gasteiger partial charge is 0.277 e. The number of hydrogen-bond donors (Lipinski definition) is 2. The molecule has 5 nitrogen and oxygen atoms in total. The number of carbonyl (C=O) groups is 2. The van der Waals surface area contributed by atoms with Gasteiger partial charge >= 0.3 is 0 Å². The molecule has 128 valence electrons. The fourth-order valence-electron chi connectivity index (χ4n) is 2.73. The number of amides is 2. The SMILES string of the molecule is Cc1ccc(-c2ccc(NC3=CC(=O)N(CCO)C3=O)cc2)cc1C. The Balaban J connectivity index is 1.75. The summed E-state index contributed by atoms with van der Waals surface area (Å²) < 4.78 is 0. The van der Waals surface area contributed by atoms with Gasteiger partial charge in [0, 0.05) is 11.8 Å². The van der Waals surface area contributed by atoms with Crippen molar-refractivity contribution in [2.75, 3.05) is 18.5 Å². The number of hydrogen-bond acceptors (Lipinski definition) is 4. The van der Waals surface area contributed by atoms with Gasteiger partial charge < -0.3 is 10.4 Å². The first kappa shape index (κ1) is 16.9. The Morgan fingerprint density at radius 2 is 1.64 bits per heavy atom. The minimum atomic E-state index is -0.419. The molecule has 0 aromatic heterocycles. The predicted octanol–water partition coefficient (Wildman–Crippen LogP) is 2.63. The molecule has 2 aromatic rings. The van der Waals surface area contributed by atoms with Crippen molar-refractivity contribution in [2.24, 2.45) is 0 Å². The van der Waals surface area contributed by atoms with E-state index in [0.717, 1.165) is 21.7 Å². The number of anilines is 1. The highest BCUT2D eigenvalue weighted by atomic mass is 16.3. The van der Waals surface area contributed by atoms with E-state index in [-0.39, 0.29) is 18.8 Å². The van der Waals surface area contributed by atoms with Gasteiger partial charge in [0.05, 0.1) is 13.2 Å². The zero-order valence-corrected chi connectivity index (χ0v) is 14.2. The van der Waals surface area contributed by atoms with Crippen LogP contribution in [0, 0.1) is 13.8 Å². The Morgan fingerprint density at radius 1 is 0.960 bits per heavy atom. The van der Waals surface area contributed by atoms with E-state index in [1.807, 2.05) is 24.3 Å². The lowest BCUT2D eigenvalue weighted by Crippen LogP contribution is -2.34. The average molecular weight is 336 g/mol. The molecule has 0 spiro atoms. The van der Waals surface area contributed by atoms with Gasteiger partial charge in [0.15, 0.2) is 0 Å². The van der Waals surface area contributed by atoms with Gasteiger partial charge in [-0.1, -0.05) is 30.3 Å². The highest BCUT2D eigenvalue weighted by molar-refractivity contribution is 6.17. The molecule has 0 atom stereocenters. The van der Waals surface area contributed by atoms with Crippen LogP contribution in [-0.2, 0) is 9.59 Å². The van der Waals surface area contributed by atoms with Crippen LogP contribution in [0.3, 0.4) is 0 Å². The number of β-amino-alcohol motifs (C(OH)–C–C–N with tert-alkyl or cyclic N) is 1. The molecule has 3 rings (SSSR count). The van der Waals surface area contributed by atoms with E-state index in [2.05, 4.69) is 37.4 Å². The van der Waals surface area contributed by atoms with Gasteiger partial charge in [0.2, 0.25) is 0 Å². The first-order valence-corrected chi connectivity index (χ1v) is 8.12. The maximum absolute atomic E-state index is 12.1. The monoisotopic (exact) mass is 336 g/mol. The highest BCUT2D eigenvalue weighted by Gasteiger charge is 2.30. The molecule has 0 saturated carbocycles. The second kappa shape index (κ2) is 6.91. The van der Waals surface area contributed by atoms with Crippen LogP contribution in [0.4, 0.5) is 5.69 Å². The number of aryl methyl sites for hydroxylation is 2. The van der Waals surface area contributed by atoms with E-state index >= 15 is 0 Å². The van der Waals surface area contributed by atoms with Crippen molar-refractivity contribution in [1.29, 1.82) is 0 Å². The van der Waals surface area contributed by atoms with Gasteiger partial charge in [-0.2, -0.15) is 0 Å². The molecule has 2 aromatic carbocycles. The second-order valence-electron chi connectivity index (χ2n) is 6.08. The summed E-state index contributed by atoms with van der Waals surface area (Å²) in [4.78, 5) is 24.9. The highest BCUT2D eigenvalue weighted by Crippen LogP contribution is 2.25.